The van der Waals surface area contributed by atoms with Crippen LogP contribution in [0.5, 0.6) is 0 Å². The Morgan fingerprint density at radius 1 is 1.33 bits per heavy atom. The zero-order chi connectivity index (χ0) is 17.1. The van der Waals surface area contributed by atoms with Crippen molar-refractivity contribution in [3.05, 3.63) is 34.4 Å². The Bertz CT molecular complexity index is 750. The fourth-order valence-electron chi connectivity index (χ4n) is 3.47. The number of amides is 1. The predicted molar refractivity (Wildman–Crippen MR) is 95.8 cm³/mol. The maximum atomic E-state index is 12.2. The quantitative estimate of drug-likeness (QED) is 0.701. The van der Waals surface area contributed by atoms with Crippen LogP contribution in [-0.2, 0) is 16.0 Å². The van der Waals surface area contributed by atoms with E-state index < -0.39 is 12.0 Å². The van der Waals surface area contributed by atoms with E-state index in [2.05, 4.69) is 26.2 Å². The largest absolute Gasteiger partial charge is 0.480 e. The molecule has 6 heteroatoms. The molecule has 1 aromatic heterocycles. The number of rotatable bonds is 6. The van der Waals surface area contributed by atoms with Gasteiger partial charge in [0, 0.05) is 34.4 Å². The monoisotopic (exact) mass is 392 g/mol. The smallest absolute Gasteiger partial charge is 0.326 e. The third-order valence-electron chi connectivity index (χ3n) is 4.74. The molecule has 1 aromatic carbocycles. The van der Waals surface area contributed by atoms with Gasteiger partial charge in [-0.1, -0.05) is 28.8 Å². The molecule has 1 atom stereocenters. The van der Waals surface area contributed by atoms with E-state index in [1.54, 1.807) is 0 Å². The van der Waals surface area contributed by atoms with Crippen LogP contribution < -0.4 is 5.32 Å². The molecular weight excluding hydrogens is 372 g/mol. The molecule has 0 bridgehead atoms. The zero-order valence-electron chi connectivity index (χ0n) is 13.3. The van der Waals surface area contributed by atoms with Gasteiger partial charge in [-0.15, -0.1) is 0 Å². The van der Waals surface area contributed by atoms with E-state index in [0.717, 1.165) is 33.8 Å². The highest BCUT2D eigenvalue weighted by molar-refractivity contribution is 9.10. The summed E-state index contributed by atoms with van der Waals surface area (Å²) >= 11 is 3.44. The molecule has 0 saturated heterocycles. The Morgan fingerprint density at radius 2 is 2.08 bits per heavy atom. The maximum absolute atomic E-state index is 12.2. The van der Waals surface area contributed by atoms with Crippen LogP contribution in [0.4, 0.5) is 0 Å². The fourth-order valence-corrected chi connectivity index (χ4v) is 3.83. The first kappa shape index (κ1) is 17.0. The predicted octanol–water partition coefficient (Wildman–Crippen LogP) is 3.62. The first-order chi connectivity index (χ1) is 11.5. The molecule has 0 radical (unpaired) electrons. The Balaban J connectivity index is 1.69. The van der Waals surface area contributed by atoms with Crippen molar-refractivity contribution in [1.29, 1.82) is 0 Å². The minimum atomic E-state index is -1.00. The number of nitrogens with one attached hydrogen (secondary N) is 2. The lowest BCUT2D eigenvalue weighted by atomic mass is 10.0. The molecular formula is C18H21BrN2O3. The number of aliphatic carboxylic acids is 1. The Morgan fingerprint density at radius 3 is 2.79 bits per heavy atom. The fraction of sp³-hybridized carbons (Fsp3) is 0.444. The third-order valence-corrected chi connectivity index (χ3v) is 5.23. The maximum Gasteiger partial charge on any atom is 0.326 e. The third kappa shape index (κ3) is 3.98. The highest BCUT2D eigenvalue weighted by Crippen LogP contribution is 2.27. The number of carboxylic acid groups (broad SMARTS) is 1. The SMILES string of the molecule is O=C(CC1CCCC1)NC(Cc1c[nH]c2ccc(Br)cc12)C(=O)O. The van der Waals surface area contributed by atoms with E-state index in [-0.39, 0.29) is 12.3 Å². The zero-order valence-corrected chi connectivity index (χ0v) is 14.9. The summed E-state index contributed by atoms with van der Waals surface area (Å²) < 4.78 is 0.938. The summed E-state index contributed by atoms with van der Waals surface area (Å²) in [5.74, 6) is -0.752. The highest BCUT2D eigenvalue weighted by Gasteiger charge is 2.24. The van der Waals surface area contributed by atoms with Crippen molar-refractivity contribution in [3.8, 4) is 0 Å². The number of benzene rings is 1. The molecule has 1 amide bonds. The minimum Gasteiger partial charge on any atom is -0.480 e. The molecule has 3 N–H and O–H groups in total. The second-order valence-corrected chi connectivity index (χ2v) is 7.44. The number of aromatic nitrogens is 1. The Kier molecular flexibility index (Phi) is 5.23. The average Bonchev–Trinajstić information content (AvgIpc) is 3.16. The van der Waals surface area contributed by atoms with Gasteiger partial charge < -0.3 is 15.4 Å². The standard InChI is InChI=1S/C18H21BrN2O3/c19-13-5-6-15-14(9-13)12(10-20-15)8-16(18(23)24)21-17(22)7-11-3-1-2-4-11/h5-6,9-11,16,20H,1-4,7-8H2,(H,21,22)(H,23,24). The van der Waals surface area contributed by atoms with Crippen molar-refractivity contribution in [2.75, 3.05) is 0 Å². The van der Waals surface area contributed by atoms with Gasteiger partial charge in [-0.05, 0) is 42.5 Å². The first-order valence-corrected chi connectivity index (χ1v) is 9.10. The van der Waals surface area contributed by atoms with E-state index >= 15 is 0 Å². The van der Waals surface area contributed by atoms with Gasteiger partial charge in [-0.3, -0.25) is 4.79 Å². The van der Waals surface area contributed by atoms with Crippen LogP contribution in [0.25, 0.3) is 10.9 Å². The van der Waals surface area contributed by atoms with E-state index in [0.29, 0.717) is 12.3 Å². The van der Waals surface area contributed by atoms with Crippen molar-refractivity contribution in [2.45, 2.75) is 44.6 Å². The van der Waals surface area contributed by atoms with E-state index in [9.17, 15) is 14.7 Å². The van der Waals surface area contributed by atoms with Gasteiger partial charge in [0.1, 0.15) is 6.04 Å². The van der Waals surface area contributed by atoms with Gasteiger partial charge in [-0.25, -0.2) is 4.79 Å². The van der Waals surface area contributed by atoms with Gasteiger partial charge in [0.25, 0.3) is 0 Å². The molecule has 24 heavy (non-hydrogen) atoms. The summed E-state index contributed by atoms with van der Waals surface area (Å²) in [6.45, 7) is 0. The molecule has 1 saturated carbocycles. The first-order valence-electron chi connectivity index (χ1n) is 8.30. The van der Waals surface area contributed by atoms with Crippen molar-refractivity contribution in [3.63, 3.8) is 0 Å². The van der Waals surface area contributed by atoms with Crippen molar-refractivity contribution >= 4 is 38.7 Å². The molecule has 128 valence electrons. The second kappa shape index (κ2) is 7.38. The molecule has 1 fully saturated rings. The minimum absolute atomic E-state index is 0.157. The van der Waals surface area contributed by atoms with Gasteiger partial charge in [0.2, 0.25) is 5.91 Å². The van der Waals surface area contributed by atoms with Gasteiger partial charge in [-0.2, -0.15) is 0 Å². The van der Waals surface area contributed by atoms with Gasteiger partial charge >= 0.3 is 5.97 Å². The van der Waals surface area contributed by atoms with Gasteiger partial charge in [0.05, 0.1) is 0 Å². The molecule has 3 rings (SSSR count). The van der Waals surface area contributed by atoms with Crippen LogP contribution in [0.15, 0.2) is 28.9 Å². The topological polar surface area (TPSA) is 82.2 Å². The summed E-state index contributed by atoms with van der Waals surface area (Å²) in [5, 5.41) is 13.1. The summed E-state index contributed by atoms with van der Waals surface area (Å²) in [6.07, 6.45) is 7.00. The number of hydrogen-bond donors (Lipinski definition) is 3. The van der Waals surface area contributed by atoms with Crippen molar-refractivity contribution in [1.82, 2.24) is 10.3 Å². The number of fused-ring (bicyclic) bond motifs is 1. The normalized spacial score (nSPS) is 16.4. The van der Waals surface area contributed by atoms with Crippen LogP contribution in [0.2, 0.25) is 0 Å². The molecule has 1 unspecified atom stereocenters. The number of carbonyl (C=O) groups is 2. The summed E-state index contributed by atoms with van der Waals surface area (Å²) in [7, 11) is 0. The van der Waals surface area contributed by atoms with Crippen LogP contribution in [0.1, 0.15) is 37.7 Å². The molecule has 0 spiro atoms. The molecule has 1 aliphatic rings. The Hall–Kier alpha value is -1.82. The lowest BCUT2D eigenvalue weighted by molar-refractivity contribution is -0.141. The summed E-state index contributed by atoms with van der Waals surface area (Å²) in [4.78, 5) is 26.9. The number of aromatic amines is 1. The van der Waals surface area contributed by atoms with Gasteiger partial charge in [0.15, 0.2) is 0 Å². The number of carbonyl (C=O) groups excluding carboxylic acids is 1. The lowest BCUT2D eigenvalue weighted by Crippen LogP contribution is -2.42. The summed E-state index contributed by atoms with van der Waals surface area (Å²) in [6, 6.07) is 4.93. The molecule has 5 nitrogen and oxygen atoms in total. The number of H-pyrrole nitrogens is 1. The van der Waals surface area contributed by atoms with E-state index in [1.165, 1.54) is 12.8 Å². The van der Waals surface area contributed by atoms with Crippen molar-refractivity contribution < 1.29 is 14.7 Å². The van der Waals surface area contributed by atoms with E-state index in [1.807, 2.05) is 24.4 Å². The van der Waals surface area contributed by atoms with Crippen LogP contribution in [0, 0.1) is 5.92 Å². The van der Waals surface area contributed by atoms with Crippen LogP contribution in [-0.4, -0.2) is 28.0 Å². The number of carboxylic acids is 1. The Labute approximate surface area is 149 Å². The summed E-state index contributed by atoms with van der Waals surface area (Å²) in [5.41, 5.74) is 1.84. The van der Waals surface area contributed by atoms with Crippen LogP contribution in [0.3, 0.4) is 0 Å². The van der Waals surface area contributed by atoms with E-state index in [4.69, 9.17) is 0 Å². The molecule has 2 aromatic rings. The lowest BCUT2D eigenvalue weighted by Gasteiger charge is -2.16. The number of hydrogen-bond acceptors (Lipinski definition) is 2. The molecule has 1 aliphatic carbocycles. The highest BCUT2D eigenvalue weighted by atomic mass is 79.9. The molecule has 1 heterocycles. The second-order valence-electron chi connectivity index (χ2n) is 6.52. The van der Waals surface area contributed by atoms with Crippen LogP contribution >= 0.6 is 15.9 Å². The average molecular weight is 393 g/mol. The van der Waals surface area contributed by atoms with Crippen molar-refractivity contribution in [2.24, 2.45) is 5.92 Å². The number of halogens is 1. The molecule has 0 aliphatic heterocycles.